The van der Waals surface area contributed by atoms with E-state index < -0.39 is 0 Å². The second kappa shape index (κ2) is 5.72. The molecule has 4 nitrogen and oxygen atoms in total. The third kappa shape index (κ3) is 2.99. The summed E-state index contributed by atoms with van der Waals surface area (Å²) in [6.07, 6.45) is 6.28. The minimum Gasteiger partial charge on any atom is -0.323 e. The summed E-state index contributed by atoms with van der Waals surface area (Å²) in [4.78, 5) is 12.2. The van der Waals surface area contributed by atoms with Crippen molar-refractivity contribution in [3.63, 3.8) is 0 Å². The molecular weight excluding hydrogens is 262 g/mol. The second-order valence-corrected chi connectivity index (χ2v) is 5.99. The van der Waals surface area contributed by atoms with Crippen molar-refractivity contribution in [3.8, 4) is 0 Å². The Morgan fingerprint density at radius 3 is 3.00 bits per heavy atom. The molecule has 0 fully saturated rings. The summed E-state index contributed by atoms with van der Waals surface area (Å²) in [7, 11) is 0. The van der Waals surface area contributed by atoms with Gasteiger partial charge in [0.1, 0.15) is 0 Å². The van der Waals surface area contributed by atoms with Crippen LogP contribution in [0.4, 0.5) is 5.69 Å². The predicted octanol–water partition coefficient (Wildman–Crippen LogP) is 3.52. The maximum absolute atomic E-state index is 12.2. The molecule has 0 spiro atoms. The van der Waals surface area contributed by atoms with E-state index in [9.17, 15) is 4.79 Å². The lowest BCUT2D eigenvalue weighted by Gasteiger charge is -2.11. The van der Waals surface area contributed by atoms with E-state index >= 15 is 0 Å². The number of fused-ring (bicyclic) bond motifs is 1. The van der Waals surface area contributed by atoms with Crippen molar-refractivity contribution in [2.45, 2.75) is 45.1 Å². The SMILES string of the molecule is CC(C)n1cc(NC(=O)CC2CCc3ccccc32)cn1. The zero-order valence-electron chi connectivity index (χ0n) is 12.5. The van der Waals surface area contributed by atoms with Gasteiger partial charge < -0.3 is 5.32 Å². The summed E-state index contributed by atoms with van der Waals surface area (Å²) < 4.78 is 1.85. The number of hydrogen-bond acceptors (Lipinski definition) is 2. The number of aromatic nitrogens is 2. The van der Waals surface area contributed by atoms with Crippen LogP contribution < -0.4 is 5.32 Å². The van der Waals surface area contributed by atoms with Gasteiger partial charge in [0.2, 0.25) is 5.91 Å². The Labute approximate surface area is 125 Å². The van der Waals surface area contributed by atoms with Gasteiger partial charge in [-0.25, -0.2) is 0 Å². The highest BCUT2D eigenvalue weighted by Gasteiger charge is 2.24. The third-order valence-corrected chi connectivity index (χ3v) is 4.10. The number of rotatable bonds is 4. The van der Waals surface area contributed by atoms with Crippen LogP contribution in [0.1, 0.15) is 49.8 Å². The van der Waals surface area contributed by atoms with Gasteiger partial charge in [-0.2, -0.15) is 5.10 Å². The van der Waals surface area contributed by atoms with E-state index in [2.05, 4.69) is 48.5 Å². The van der Waals surface area contributed by atoms with E-state index in [4.69, 9.17) is 0 Å². The Morgan fingerprint density at radius 1 is 1.43 bits per heavy atom. The Morgan fingerprint density at radius 2 is 2.24 bits per heavy atom. The van der Waals surface area contributed by atoms with E-state index in [1.807, 2.05) is 10.9 Å². The molecule has 1 aromatic carbocycles. The summed E-state index contributed by atoms with van der Waals surface area (Å²) in [5.74, 6) is 0.418. The summed E-state index contributed by atoms with van der Waals surface area (Å²) in [6.45, 7) is 4.13. The van der Waals surface area contributed by atoms with Gasteiger partial charge in [0.25, 0.3) is 0 Å². The van der Waals surface area contributed by atoms with Gasteiger partial charge in [-0.05, 0) is 43.7 Å². The number of benzene rings is 1. The summed E-state index contributed by atoms with van der Waals surface area (Å²) in [6, 6.07) is 8.75. The van der Waals surface area contributed by atoms with Crippen molar-refractivity contribution in [1.82, 2.24) is 9.78 Å². The molecule has 1 N–H and O–H groups in total. The van der Waals surface area contributed by atoms with Crippen LogP contribution in [-0.4, -0.2) is 15.7 Å². The zero-order chi connectivity index (χ0) is 14.8. The summed E-state index contributed by atoms with van der Waals surface area (Å²) in [5.41, 5.74) is 3.51. The number of anilines is 1. The van der Waals surface area contributed by atoms with Crippen LogP contribution in [0, 0.1) is 0 Å². The molecule has 0 saturated carbocycles. The number of amides is 1. The van der Waals surface area contributed by atoms with Crippen LogP contribution in [0.25, 0.3) is 0 Å². The second-order valence-electron chi connectivity index (χ2n) is 5.99. The normalized spacial score (nSPS) is 17.0. The molecule has 1 unspecified atom stereocenters. The van der Waals surface area contributed by atoms with E-state index in [1.54, 1.807) is 6.20 Å². The monoisotopic (exact) mass is 283 g/mol. The molecule has 110 valence electrons. The minimum absolute atomic E-state index is 0.0695. The largest absolute Gasteiger partial charge is 0.323 e. The van der Waals surface area contributed by atoms with Crippen molar-refractivity contribution >= 4 is 11.6 Å². The van der Waals surface area contributed by atoms with Crippen molar-refractivity contribution in [3.05, 3.63) is 47.8 Å². The maximum atomic E-state index is 12.2. The molecule has 1 aromatic heterocycles. The highest BCUT2D eigenvalue weighted by atomic mass is 16.1. The number of aryl methyl sites for hydroxylation is 1. The standard InChI is InChI=1S/C17H21N3O/c1-12(2)20-11-15(10-18-20)19-17(21)9-14-8-7-13-5-3-4-6-16(13)14/h3-6,10-12,14H,7-9H2,1-2H3,(H,19,21). The van der Waals surface area contributed by atoms with Gasteiger partial charge in [0, 0.05) is 18.7 Å². The molecule has 4 heteroatoms. The molecular formula is C17H21N3O. The zero-order valence-corrected chi connectivity index (χ0v) is 12.5. The summed E-state index contributed by atoms with van der Waals surface area (Å²) in [5, 5.41) is 7.19. The van der Waals surface area contributed by atoms with Crippen molar-refractivity contribution in [2.75, 3.05) is 5.32 Å². The van der Waals surface area contributed by atoms with Crippen LogP contribution in [0.2, 0.25) is 0 Å². The van der Waals surface area contributed by atoms with Gasteiger partial charge in [-0.15, -0.1) is 0 Å². The number of hydrogen-bond donors (Lipinski definition) is 1. The van der Waals surface area contributed by atoms with Crippen molar-refractivity contribution in [1.29, 1.82) is 0 Å². The van der Waals surface area contributed by atoms with Gasteiger partial charge in [0.05, 0.1) is 11.9 Å². The highest BCUT2D eigenvalue weighted by molar-refractivity contribution is 5.91. The van der Waals surface area contributed by atoms with E-state index in [-0.39, 0.29) is 5.91 Å². The van der Waals surface area contributed by atoms with Crippen molar-refractivity contribution < 1.29 is 4.79 Å². The minimum atomic E-state index is 0.0695. The molecule has 3 rings (SSSR count). The van der Waals surface area contributed by atoms with E-state index in [1.165, 1.54) is 11.1 Å². The fraction of sp³-hybridized carbons (Fsp3) is 0.412. The molecule has 0 saturated heterocycles. The Bertz CT molecular complexity index is 645. The first-order chi connectivity index (χ1) is 10.1. The number of nitrogens with one attached hydrogen (secondary N) is 1. The van der Waals surface area contributed by atoms with Gasteiger partial charge in [-0.1, -0.05) is 24.3 Å². The lowest BCUT2D eigenvalue weighted by Crippen LogP contribution is -2.14. The molecule has 1 amide bonds. The quantitative estimate of drug-likeness (QED) is 0.933. The molecule has 1 aliphatic carbocycles. The van der Waals surface area contributed by atoms with Crippen molar-refractivity contribution in [2.24, 2.45) is 0 Å². The fourth-order valence-electron chi connectivity index (χ4n) is 2.98. The molecule has 0 radical (unpaired) electrons. The molecule has 2 aromatic rings. The smallest absolute Gasteiger partial charge is 0.225 e. The predicted molar refractivity (Wildman–Crippen MR) is 83.4 cm³/mol. The van der Waals surface area contributed by atoms with Crippen LogP contribution in [-0.2, 0) is 11.2 Å². The lowest BCUT2D eigenvalue weighted by atomic mass is 9.97. The van der Waals surface area contributed by atoms with Crippen LogP contribution in [0.5, 0.6) is 0 Å². The van der Waals surface area contributed by atoms with Crippen LogP contribution in [0.15, 0.2) is 36.7 Å². The summed E-state index contributed by atoms with van der Waals surface area (Å²) >= 11 is 0. The topological polar surface area (TPSA) is 46.9 Å². The van der Waals surface area contributed by atoms with Crippen LogP contribution >= 0.6 is 0 Å². The molecule has 0 aliphatic heterocycles. The number of carbonyl (C=O) groups excluding carboxylic acids is 1. The Kier molecular flexibility index (Phi) is 3.78. The average molecular weight is 283 g/mol. The lowest BCUT2D eigenvalue weighted by molar-refractivity contribution is -0.116. The van der Waals surface area contributed by atoms with E-state index in [0.717, 1.165) is 18.5 Å². The first kappa shape index (κ1) is 13.9. The van der Waals surface area contributed by atoms with E-state index in [0.29, 0.717) is 18.4 Å². The maximum Gasteiger partial charge on any atom is 0.225 e. The van der Waals surface area contributed by atoms with Crippen LogP contribution in [0.3, 0.4) is 0 Å². The number of nitrogens with zero attached hydrogens (tertiary/aromatic N) is 2. The van der Waals surface area contributed by atoms with Gasteiger partial charge >= 0.3 is 0 Å². The first-order valence-electron chi connectivity index (χ1n) is 7.55. The molecule has 0 bridgehead atoms. The first-order valence-corrected chi connectivity index (χ1v) is 7.55. The third-order valence-electron chi connectivity index (χ3n) is 4.10. The molecule has 1 heterocycles. The Hall–Kier alpha value is -2.10. The molecule has 1 atom stereocenters. The molecule has 1 aliphatic rings. The molecule has 21 heavy (non-hydrogen) atoms. The van der Waals surface area contributed by atoms with Gasteiger partial charge in [-0.3, -0.25) is 9.48 Å². The van der Waals surface area contributed by atoms with Gasteiger partial charge in [0.15, 0.2) is 0 Å². The number of carbonyl (C=O) groups is 1. The average Bonchev–Trinajstić information content (AvgIpc) is 3.07. The highest BCUT2D eigenvalue weighted by Crippen LogP contribution is 2.35. The fourth-order valence-corrected chi connectivity index (χ4v) is 2.98. The Balaban J connectivity index is 1.62.